The van der Waals surface area contributed by atoms with Crippen LogP contribution in [0.3, 0.4) is 0 Å². The number of imide groups is 2. The number of anilines is 1. The molecular weight excluding hydrogens is 428 g/mol. The third-order valence-corrected chi connectivity index (χ3v) is 4.72. The first-order valence-corrected chi connectivity index (χ1v) is 10.4. The molecule has 0 spiro atoms. The molecule has 1 N–H and O–H groups in total. The van der Waals surface area contributed by atoms with Gasteiger partial charge in [-0.3, -0.25) is 14.9 Å². The molecule has 0 aromatic heterocycles. The largest absolute Gasteiger partial charge is 0.497 e. The third-order valence-electron chi connectivity index (χ3n) is 4.72. The molecule has 3 rings (SSSR count). The van der Waals surface area contributed by atoms with E-state index in [2.05, 4.69) is 5.32 Å². The van der Waals surface area contributed by atoms with Gasteiger partial charge in [0.2, 0.25) is 0 Å². The van der Waals surface area contributed by atoms with Crippen molar-refractivity contribution in [2.75, 3.05) is 25.2 Å². The van der Waals surface area contributed by atoms with Gasteiger partial charge in [0.05, 0.1) is 31.6 Å². The Kier molecular flexibility index (Phi) is 7.45. The average Bonchev–Trinajstić information content (AvgIpc) is 2.81. The lowest BCUT2D eigenvalue weighted by atomic mass is 10.1. The normalized spacial score (nSPS) is 14.8. The van der Waals surface area contributed by atoms with Crippen LogP contribution in [0.1, 0.15) is 36.2 Å². The maximum absolute atomic E-state index is 13.1. The molecule has 2 aromatic rings. The number of benzene rings is 2. The minimum Gasteiger partial charge on any atom is -0.497 e. The van der Waals surface area contributed by atoms with Gasteiger partial charge in [-0.05, 0) is 55.8 Å². The second-order valence-corrected chi connectivity index (χ2v) is 6.98. The van der Waals surface area contributed by atoms with Crippen molar-refractivity contribution in [2.24, 2.45) is 0 Å². The van der Waals surface area contributed by atoms with E-state index in [1.165, 1.54) is 37.5 Å². The van der Waals surface area contributed by atoms with E-state index < -0.39 is 23.8 Å². The molecule has 0 unspecified atom stereocenters. The summed E-state index contributed by atoms with van der Waals surface area (Å²) >= 11 is 0. The Morgan fingerprint density at radius 3 is 2.42 bits per heavy atom. The zero-order valence-corrected chi connectivity index (χ0v) is 18.5. The van der Waals surface area contributed by atoms with Crippen molar-refractivity contribution < 1.29 is 33.4 Å². The molecule has 9 heteroatoms. The number of ether oxygens (including phenoxy) is 3. The number of nitrogens with one attached hydrogen (secondary N) is 1. The van der Waals surface area contributed by atoms with Crippen molar-refractivity contribution >= 4 is 35.6 Å². The van der Waals surface area contributed by atoms with Crippen molar-refractivity contribution in [3.05, 3.63) is 59.2 Å². The topological polar surface area (TPSA) is 111 Å². The van der Waals surface area contributed by atoms with Crippen molar-refractivity contribution in [3.63, 3.8) is 0 Å². The van der Waals surface area contributed by atoms with Crippen LogP contribution in [0.2, 0.25) is 0 Å². The third kappa shape index (κ3) is 5.20. The highest BCUT2D eigenvalue weighted by Crippen LogP contribution is 2.29. The fourth-order valence-corrected chi connectivity index (χ4v) is 3.11. The second kappa shape index (κ2) is 10.4. The van der Waals surface area contributed by atoms with Gasteiger partial charge in [0.15, 0.2) is 0 Å². The summed E-state index contributed by atoms with van der Waals surface area (Å²) in [4.78, 5) is 50.8. The van der Waals surface area contributed by atoms with E-state index in [1.54, 1.807) is 25.1 Å². The maximum atomic E-state index is 13.1. The number of amides is 4. The number of hydrogen-bond donors (Lipinski definition) is 1. The highest BCUT2D eigenvalue weighted by molar-refractivity contribution is 6.39. The number of methoxy groups -OCH3 is 1. The molecule has 0 atom stereocenters. The van der Waals surface area contributed by atoms with Crippen LogP contribution in [0.15, 0.2) is 48.0 Å². The Bertz CT molecular complexity index is 1110. The summed E-state index contributed by atoms with van der Waals surface area (Å²) in [6.45, 7) is 4.29. The number of esters is 1. The lowest BCUT2D eigenvalue weighted by Gasteiger charge is -2.26. The number of rotatable bonds is 8. The van der Waals surface area contributed by atoms with Crippen LogP contribution in [0.5, 0.6) is 11.5 Å². The van der Waals surface area contributed by atoms with Crippen LogP contribution >= 0.6 is 0 Å². The van der Waals surface area contributed by atoms with E-state index >= 15 is 0 Å². The molecule has 0 aliphatic carbocycles. The Labute approximate surface area is 190 Å². The van der Waals surface area contributed by atoms with E-state index in [1.807, 2.05) is 6.92 Å². The Morgan fingerprint density at radius 1 is 1.06 bits per heavy atom. The number of carbonyl (C=O) groups excluding carboxylic acids is 4. The molecule has 1 heterocycles. The monoisotopic (exact) mass is 452 g/mol. The molecule has 33 heavy (non-hydrogen) atoms. The van der Waals surface area contributed by atoms with Gasteiger partial charge < -0.3 is 14.2 Å². The van der Waals surface area contributed by atoms with Gasteiger partial charge in [-0.15, -0.1) is 0 Å². The fraction of sp³-hybridized carbons (Fsp3) is 0.250. The second-order valence-electron chi connectivity index (χ2n) is 6.98. The molecule has 172 valence electrons. The predicted molar refractivity (Wildman–Crippen MR) is 120 cm³/mol. The standard InChI is InChI=1S/C24H24N2O7/c1-4-12-33-20-14-18(31-3)11-8-16(20)13-19-21(27)25-24(30)26(22(19)28)17-9-6-15(7-10-17)23(29)32-5-2/h6-11,13-14H,4-5,12H2,1-3H3,(H,25,27,30)/b19-13+. The number of nitrogens with zero attached hydrogens (tertiary/aromatic N) is 1. The van der Waals surface area contributed by atoms with Gasteiger partial charge in [-0.25, -0.2) is 14.5 Å². The van der Waals surface area contributed by atoms with Crippen LogP contribution in [0.25, 0.3) is 6.08 Å². The zero-order valence-electron chi connectivity index (χ0n) is 18.5. The van der Waals surface area contributed by atoms with E-state index in [0.717, 1.165) is 11.3 Å². The molecule has 1 aliphatic rings. The van der Waals surface area contributed by atoms with Crippen molar-refractivity contribution in [1.82, 2.24) is 5.32 Å². The molecule has 0 bridgehead atoms. The average molecular weight is 452 g/mol. The molecule has 0 radical (unpaired) electrons. The van der Waals surface area contributed by atoms with Gasteiger partial charge in [-0.2, -0.15) is 0 Å². The van der Waals surface area contributed by atoms with Crippen LogP contribution in [-0.2, 0) is 14.3 Å². The molecule has 2 aromatic carbocycles. The van der Waals surface area contributed by atoms with Crippen LogP contribution in [0.4, 0.5) is 10.5 Å². The SMILES string of the molecule is CCCOc1cc(OC)ccc1/C=C1\C(=O)NC(=O)N(c2ccc(C(=O)OCC)cc2)C1=O. The molecule has 1 saturated heterocycles. The van der Waals surface area contributed by atoms with Gasteiger partial charge in [0, 0.05) is 11.6 Å². The summed E-state index contributed by atoms with van der Waals surface area (Å²) in [7, 11) is 1.52. The Balaban J connectivity index is 1.95. The predicted octanol–water partition coefficient (Wildman–Crippen LogP) is 3.33. The lowest BCUT2D eigenvalue weighted by molar-refractivity contribution is -0.122. The van der Waals surface area contributed by atoms with Gasteiger partial charge in [0.1, 0.15) is 17.1 Å². The number of urea groups is 1. The fourth-order valence-electron chi connectivity index (χ4n) is 3.11. The summed E-state index contributed by atoms with van der Waals surface area (Å²) in [5.74, 6) is -1.15. The highest BCUT2D eigenvalue weighted by Gasteiger charge is 2.37. The lowest BCUT2D eigenvalue weighted by Crippen LogP contribution is -2.54. The molecular formula is C24H24N2O7. The first-order chi connectivity index (χ1) is 15.9. The van der Waals surface area contributed by atoms with Crippen molar-refractivity contribution in [2.45, 2.75) is 20.3 Å². The molecule has 1 fully saturated rings. The van der Waals surface area contributed by atoms with Gasteiger partial charge in [-0.1, -0.05) is 6.92 Å². The minimum absolute atomic E-state index is 0.195. The number of hydrogen-bond acceptors (Lipinski definition) is 7. The first kappa shape index (κ1) is 23.5. The molecule has 0 saturated carbocycles. The minimum atomic E-state index is -0.886. The van der Waals surface area contributed by atoms with E-state index in [4.69, 9.17) is 14.2 Å². The quantitative estimate of drug-likeness (QED) is 0.371. The summed E-state index contributed by atoms with van der Waals surface area (Å²) in [6, 6.07) is 9.84. The first-order valence-electron chi connectivity index (χ1n) is 10.4. The van der Waals surface area contributed by atoms with E-state index in [9.17, 15) is 19.2 Å². The van der Waals surface area contributed by atoms with E-state index in [-0.39, 0.29) is 23.4 Å². The Hall–Kier alpha value is -4.14. The van der Waals surface area contributed by atoms with Crippen molar-refractivity contribution in [1.29, 1.82) is 0 Å². The van der Waals surface area contributed by atoms with Crippen LogP contribution in [-0.4, -0.2) is 44.1 Å². The van der Waals surface area contributed by atoms with Crippen LogP contribution in [0, 0.1) is 0 Å². The molecule has 9 nitrogen and oxygen atoms in total. The van der Waals surface area contributed by atoms with E-state index in [0.29, 0.717) is 23.7 Å². The highest BCUT2D eigenvalue weighted by atomic mass is 16.5. The number of carbonyl (C=O) groups is 4. The smallest absolute Gasteiger partial charge is 0.338 e. The van der Waals surface area contributed by atoms with Gasteiger partial charge in [0.25, 0.3) is 11.8 Å². The molecule has 4 amide bonds. The summed E-state index contributed by atoms with van der Waals surface area (Å²) in [6.07, 6.45) is 2.13. The summed E-state index contributed by atoms with van der Waals surface area (Å²) in [5.41, 5.74) is 0.708. The van der Waals surface area contributed by atoms with Crippen LogP contribution < -0.4 is 19.7 Å². The summed E-state index contributed by atoms with van der Waals surface area (Å²) in [5, 5.41) is 2.17. The van der Waals surface area contributed by atoms with Gasteiger partial charge >= 0.3 is 12.0 Å². The maximum Gasteiger partial charge on any atom is 0.338 e. The zero-order chi connectivity index (χ0) is 24.0. The summed E-state index contributed by atoms with van der Waals surface area (Å²) < 4.78 is 15.9. The molecule has 1 aliphatic heterocycles. The Morgan fingerprint density at radius 2 is 1.79 bits per heavy atom. The van der Waals surface area contributed by atoms with Crippen molar-refractivity contribution in [3.8, 4) is 11.5 Å². The number of barbiturate groups is 1.